The van der Waals surface area contributed by atoms with E-state index in [0.29, 0.717) is 6.42 Å². The molecule has 0 saturated carbocycles. The summed E-state index contributed by atoms with van der Waals surface area (Å²) in [6.07, 6.45) is 11.2. The maximum atomic E-state index is 11.3. The number of esters is 1. The first-order valence-electron chi connectivity index (χ1n) is 5.67. The predicted molar refractivity (Wildman–Crippen MR) is 57.0 cm³/mol. The summed E-state index contributed by atoms with van der Waals surface area (Å²) in [5, 5.41) is 0. The first-order chi connectivity index (χ1) is 6.83. The highest BCUT2D eigenvalue weighted by Gasteiger charge is 2.13. The fraction of sp³-hybridized carbons (Fsp3) is 0.750. The monoisotopic (exact) mass is 196 g/mol. The second-order valence-corrected chi connectivity index (χ2v) is 3.84. The number of carbonyl (C=O) groups excluding carboxylic acids is 1. The molecule has 14 heavy (non-hydrogen) atoms. The lowest BCUT2D eigenvalue weighted by atomic mass is 10.1. The molecule has 0 aliphatic carbocycles. The molecule has 1 rings (SSSR count). The van der Waals surface area contributed by atoms with Crippen molar-refractivity contribution in [2.24, 2.45) is 0 Å². The quantitative estimate of drug-likeness (QED) is 0.500. The number of hydrogen-bond donors (Lipinski definition) is 0. The van der Waals surface area contributed by atoms with E-state index in [4.69, 9.17) is 4.74 Å². The number of carbonyl (C=O) groups is 1. The molecule has 0 spiro atoms. The predicted octanol–water partition coefficient (Wildman–Crippen LogP) is 3.22. The van der Waals surface area contributed by atoms with Crippen molar-refractivity contribution in [1.29, 1.82) is 0 Å². The van der Waals surface area contributed by atoms with Crippen molar-refractivity contribution >= 4 is 5.97 Å². The molecule has 0 bridgehead atoms. The summed E-state index contributed by atoms with van der Waals surface area (Å²) in [5.74, 6) is -0.0324. The van der Waals surface area contributed by atoms with E-state index in [-0.39, 0.29) is 12.1 Å². The molecule has 2 nitrogen and oxygen atoms in total. The maximum absolute atomic E-state index is 11.3. The van der Waals surface area contributed by atoms with E-state index in [1.165, 1.54) is 0 Å². The number of ether oxygens (including phenoxy) is 1. The van der Waals surface area contributed by atoms with Crippen LogP contribution in [0, 0.1) is 0 Å². The van der Waals surface area contributed by atoms with Gasteiger partial charge in [-0.3, -0.25) is 4.79 Å². The van der Waals surface area contributed by atoms with Gasteiger partial charge < -0.3 is 4.74 Å². The summed E-state index contributed by atoms with van der Waals surface area (Å²) in [4.78, 5) is 11.3. The van der Waals surface area contributed by atoms with Crippen LogP contribution in [-0.4, -0.2) is 12.1 Å². The van der Waals surface area contributed by atoms with Gasteiger partial charge in [0.05, 0.1) is 0 Å². The van der Waals surface area contributed by atoms with Crippen molar-refractivity contribution in [3.8, 4) is 0 Å². The van der Waals surface area contributed by atoms with E-state index < -0.39 is 0 Å². The van der Waals surface area contributed by atoms with Crippen LogP contribution >= 0.6 is 0 Å². The third-order valence-corrected chi connectivity index (χ3v) is 2.49. The summed E-state index contributed by atoms with van der Waals surface area (Å²) in [6, 6.07) is 0. The van der Waals surface area contributed by atoms with Crippen molar-refractivity contribution in [3.63, 3.8) is 0 Å². The Balaban J connectivity index is 2.42. The van der Waals surface area contributed by atoms with E-state index in [1.807, 2.05) is 0 Å². The van der Waals surface area contributed by atoms with Crippen molar-refractivity contribution < 1.29 is 9.53 Å². The zero-order chi connectivity index (χ0) is 10.2. The Hall–Kier alpha value is -0.790. The van der Waals surface area contributed by atoms with Crippen LogP contribution < -0.4 is 0 Å². The van der Waals surface area contributed by atoms with Gasteiger partial charge in [0.15, 0.2) is 0 Å². The number of hydrogen-bond acceptors (Lipinski definition) is 2. The Morgan fingerprint density at radius 2 is 2.21 bits per heavy atom. The van der Waals surface area contributed by atoms with Crippen LogP contribution in [0.4, 0.5) is 0 Å². The molecule has 0 N–H and O–H groups in total. The highest BCUT2D eigenvalue weighted by Crippen LogP contribution is 2.14. The number of rotatable bonds is 2. The van der Waals surface area contributed by atoms with Crippen molar-refractivity contribution in [2.45, 2.75) is 58.0 Å². The molecule has 0 aromatic carbocycles. The molecule has 0 aromatic rings. The van der Waals surface area contributed by atoms with Crippen LogP contribution in [0.1, 0.15) is 51.9 Å². The molecule has 1 aliphatic heterocycles. The summed E-state index contributed by atoms with van der Waals surface area (Å²) in [6.45, 7) is 2.13. The molecular formula is C12H20O2. The average molecular weight is 196 g/mol. The standard InChI is InChI=1S/C12H20O2/c1-2-8-11-9-6-4-3-5-7-10-12(13)14-11/h3,5,11H,2,4,6-10H2,1H3/b5-3+. The summed E-state index contributed by atoms with van der Waals surface area (Å²) in [5.41, 5.74) is 0. The van der Waals surface area contributed by atoms with Gasteiger partial charge in [0.1, 0.15) is 6.10 Å². The lowest BCUT2D eigenvalue weighted by molar-refractivity contribution is -0.149. The Morgan fingerprint density at radius 3 is 3.00 bits per heavy atom. The Morgan fingerprint density at radius 1 is 1.43 bits per heavy atom. The number of allylic oxidation sites excluding steroid dienone is 2. The van der Waals surface area contributed by atoms with Crippen LogP contribution in [0.15, 0.2) is 12.2 Å². The molecule has 80 valence electrons. The van der Waals surface area contributed by atoms with E-state index in [2.05, 4.69) is 19.1 Å². The average Bonchev–Trinajstić information content (AvgIpc) is 2.17. The fourth-order valence-corrected chi connectivity index (χ4v) is 1.73. The molecule has 1 unspecified atom stereocenters. The smallest absolute Gasteiger partial charge is 0.306 e. The highest BCUT2D eigenvalue weighted by atomic mass is 16.5. The zero-order valence-corrected chi connectivity index (χ0v) is 9.00. The van der Waals surface area contributed by atoms with E-state index in [1.54, 1.807) is 0 Å². The van der Waals surface area contributed by atoms with Crippen LogP contribution in [-0.2, 0) is 9.53 Å². The van der Waals surface area contributed by atoms with Gasteiger partial charge in [0.2, 0.25) is 0 Å². The minimum atomic E-state index is -0.0324. The largest absolute Gasteiger partial charge is 0.462 e. The second kappa shape index (κ2) is 6.63. The van der Waals surface area contributed by atoms with Crippen molar-refractivity contribution in [1.82, 2.24) is 0 Å². The van der Waals surface area contributed by atoms with Crippen LogP contribution in [0.5, 0.6) is 0 Å². The van der Waals surface area contributed by atoms with Gasteiger partial charge >= 0.3 is 5.97 Å². The van der Waals surface area contributed by atoms with E-state index in [9.17, 15) is 4.79 Å². The van der Waals surface area contributed by atoms with Crippen LogP contribution in [0.25, 0.3) is 0 Å². The molecule has 1 aliphatic rings. The van der Waals surface area contributed by atoms with Gasteiger partial charge in [-0.05, 0) is 32.1 Å². The van der Waals surface area contributed by atoms with Crippen molar-refractivity contribution in [2.75, 3.05) is 0 Å². The Kier molecular flexibility index (Phi) is 5.35. The molecule has 0 fully saturated rings. The summed E-state index contributed by atoms with van der Waals surface area (Å²) in [7, 11) is 0. The van der Waals surface area contributed by atoms with Crippen LogP contribution in [0.3, 0.4) is 0 Å². The minimum Gasteiger partial charge on any atom is -0.462 e. The summed E-state index contributed by atoms with van der Waals surface area (Å²) >= 11 is 0. The third-order valence-electron chi connectivity index (χ3n) is 2.49. The molecule has 0 radical (unpaired) electrons. The minimum absolute atomic E-state index is 0.0324. The van der Waals surface area contributed by atoms with E-state index >= 15 is 0 Å². The second-order valence-electron chi connectivity index (χ2n) is 3.84. The van der Waals surface area contributed by atoms with Gasteiger partial charge in [-0.25, -0.2) is 0 Å². The van der Waals surface area contributed by atoms with Gasteiger partial charge in [-0.15, -0.1) is 0 Å². The molecule has 1 atom stereocenters. The highest BCUT2D eigenvalue weighted by molar-refractivity contribution is 5.69. The number of cyclic esters (lactones) is 1. The van der Waals surface area contributed by atoms with E-state index in [0.717, 1.165) is 38.5 Å². The molecule has 0 amide bonds. The fourth-order valence-electron chi connectivity index (χ4n) is 1.73. The van der Waals surface area contributed by atoms with Gasteiger partial charge in [0, 0.05) is 6.42 Å². The van der Waals surface area contributed by atoms with Gasteiger partial charge in [-0.1, -0.05) is 25.5 Å². The topological polar surface area (TPSA) is 26.3 Å². The molecule has 1 heterocycles. The lowest BCUT2D eigenvalue weighted by Crippen LogP contribution is -2.18. The first kappa shape index (κ1) is 11.3. The van der Waals surface area contributed by atoms with Gasteiger partial charge in [0.25, 0.3) is 0 Å². The normalized spacial score (nSPS) is 26.6. The molecule has 0 aromatic heterocycles. The SMILES string of the molecule is CCCC1CCC/C=C/CCC(=O)O1. The Labute approximate surface area is 86.3 Å². The third kappa shape index (κ3) is 4.45. The molecule has 0 saturated heterocycles. The molecular weight excluding hydrogens is 176 g/mol. The van der Waals surface area contributed by atoms with Crippen LogP contribution in [0.2, 0.25) is 0 Å². The Bertz CT molecular complexity index is 196. The van der Waals surface area contributed by atoms with Crippen molar-refractivity contribution in [3.05, 3.63) is 12.2 Å². The first-order valence-corrected chi connectivity index (χ1v) is 5.67. The summed E-state index contributed by atoms with van der Waals surface area (Å²) < 4.78 is 5.39. The zero-order valence-electron chi connectivity index (χ0n) is 9.00. The lowest BCUT2D eigenvalue weighted by Gasteiger charge is -2.17. The molecule has 2 heteroatoms. The maximum Gasteiger partial charge on any atom is 0.306 e. The van der Waals surface area contributed by atoms with Gasteiger partial charge in [-0.2, -0.15) is 0 Å².